The minimum absolute atomic E-state index is 0.0885. The van der Waals surface area contributed by atoms with E-state index in [2.05, 4.69) is 10.3 Å². The third-order valence-electron chi connectivity index (χ3n) is 2.05. The molecule has 0 amide bonds. The van der Waals surface area contributed by atoms with Gasteiger partial charge in [-0.05, 0) is 18.9 Å². The Morgan fingerprint density at radius 1 is 1.62 bits per heavy atom. The molecule has 1 aliphatic carbocycles. The standard InChI is InChI=1S/C9H12N4/c10-9(11)7-3-4-12-5-8(7)13-6-1-2-6/h3-6,13H,1-2H2,(H3,10,11). The Kier molecular flexibility index (Phi) is 1.88. The van der Waals surface area contributed by atoms with E-state index in [-0.39, 0.29) is 5.84 Å². The summed E-state index contributed by atoms with van der Waals surface area (Å²) in [7, 11) is 0. The van der Waals surface area contributed by atoms with Gasteiger partial charge in [-0.2, -0.15) is 0 Å². The molecule has 0 aromatic carbocycles. The van der Waals surface area contributed by atoms with Crippen molar-refractivity contribution in [3.63, 3.8) is 0 Å². The first-order valence-corrected chi connectivity index (χ1v) is 4.32. The zero-order valence-electron chi connectivity index (χ0n) is 7.25. The highest BCUT2D eigenvalue weighted by Crippen LogP contribution is 2.25. The lowest BCUT2D eigenvalue weighted by molar-refractivity contribution is 1.14. The second-order valence-corrected chi connectivity index (χ2v) is 3.25. The predicted octanol–water partition coefficient (Wildman–Crippen LogP) is 0.940. The van der Waals surface area contributed by atoms with E-state index in [1.54, 1.807) is 18.5 Å². The SMILES string of the molecule is N=C(N)c1ccncc1NC1CC1. The number of anilines is 1. The summed E-state index contributed by atoms with van der Waals surface area (Å²) in [5.41, 5.74) is 7.04. The predicted molar refractivity (Wildman–Crippen MR) is 51.9 cm³/mol. The first-order valence-electron chi connectivity index (χ1n) is 4.32. The molecule has 1 saturated carbocycles. The van der Waals surface area contributed by atoms with Crippen LogP contribution in [0.1, 0.15) is 18.4 Å². The lowest BCUT2D eigenvalue weighted by atomic mass is 10.2. The molecule has 2 rings (SSSR count). The summed E-state index contributed by atoms with van der Waals surface area (Å²) >= 11 is 0. The van der Waals surface area contributed by atoms with E-state index in [1.807, 2.05) is 0 Å². The van der Waals surface area contributed by atoms with Crippen molar-refractivity contribution in [2.24, 2.45) is 5.73 Å². The number of rotatable bonds is 3. The smallest absolute Gasteiger partial charge is 0.125 e. The first-order chi connectivity index (χ1) is 6.27. The molecule has 1 fully saturated rings. The van der Waals surface area contributed by atoms with Gasteiger partial charge in [0.2, 0.25) is 0 Å². The summed E-state index contributed by atoms with van der Waals surface area (Å²) in [5, 5.41) is 10.6. The highest BCUT2D eigenvalue weighted by Gasteiger charge is 2.22. The number of amidine groups is 1. The molecule has 1 aromatic rings. The van der Waals surface area contributed by atoms with E-state index in [0.717, 1.165) is 11.3 Å². The first kappa shape index (κ1) is 8.04. The number of nitrogens with one attached hydrogen (secondary N) is 2. The molecule has 68 valence electrons. The molecule has 0 unspecified atom stereocenters. The number of nitrogens with zero attached hydrogens (tertiary/aromatic N) is 1. The fourth-order valence-electron chi connectivity index (χ4n) is 1.19. The third-order valence-corrected chi connectivity index (χ3v) is 2.05. The number of aromatic nitrogens is 1. The molecule has 0 radical (unpaired) electrons. The normalized spacial score (nSPS) is 15.4. The summed E-state index contributed by atoms with van der Waals surface area (Å²) in [6.45, 7) is 0. The van der Waals surface area contributed by atoms with Crippen molar-refractivity contribution >= 4 is 11.5 Å². The molecule has 0 bridgehead atoms. The van der Waals surface area contributed by atoms with Crippen molar-refractivity contribution in [2.75, 3.05) is 5.32 Å². The van der Waals surface area contributed by atoms with Gasteiger partial charge in [0, 0.05) is 17.8 Å². The van der Waals surface area contributed by atoms with Gasteiger partial charge in [0.25, 0.3) is 0 Å². The topological polar surface area (TPSA) is 74.8 Å². The van der Waals surface area contributed by atoms with Crippen LogP contribution in [-0.4, -0.2) is 16.9 Å². The molecule has 0 aliphatic heterocycles. The van der Waals surface area contributed by atoms with Crippen molar-refractivity contribution in [2.45, 2.75) is 18.9 Å². The number of hydrogen-bond donors (Lipinski definition) is 3. The van der Waals surface area contributed by atoms with Gasteiger partial charge < -0.3 is 11.1 Å². The maximum atomic E-state index is 7.35. The maximum absolute atomic E-state index is 7.35. The monoisotopic (exact) mass is 176 g/mol. The van der Waals surface area contributed by atoms with Crippen LogP contribution in [0.25, 0.3) is 0 Å². The van der Waals surface area contributed by atoms with Crippen LogP contribution in [0.3, 0.4) is 0 Å². The van der Waals surface area contributed by atoms with Crippen LogP contribution in [0, 0.1) is 5.41 Å². The second kappa shape index (κ2) is 3.05. The van der Waals surface area contributed by atoms with Gasteiger partial charge in [0.1, 0.15) is 5.84 Å². The summed E-state index contributed by atoms with van der Waals surface area (Å²) < 4.78 is 0. The Hall–Kier alpha value is -1.58. The average Bonchev–Trinajstić information content (AvgIpc) is 2.89. The van der Waals surface area contributed by atoms with E-state index in [9.17, 15) is 0 Å². The summed E-state index contributed by atoms with van der Waals surface area (Å²) in [5.74, 6) is 0.0885. The quantitative estimate of drug-likeness (QED) is 0.474. The van der Waals surface area contributed by atoms with Crippen molar-refractivity contribution in [1.82, 2.24) is 4.98 Å². The van der Waals surface area contributed by atoms with Crippen molar-refractivity contribution in [1.29, 1.82) is 5.41 Å². The Morgan fingerprint density at radius 3 is 3.00 bits per heavy atom. The van der Waals surface area contributed by atoms with Gasteiger partial charge in [-0.1, -0.05) is 0 Å². The largest absolute Gasteiger partial charge is 0.384 e. The Balaban J connectivity index is 2.25. The molecule has 13 heavy (non-hydrogen) atoms. The van der Waals surface area contributed by atoms with Crippen LogP contribution < -0.4 is 11.1 Å². The van der Waals surface area contributed by atoms with Gasteiger partial charge >= 0.3 is 0 Å². The summed E-state index contributed by atoms with van der Waals surface area (Å²) in [4.78, 5) is 3.99. The van der Waals surface area contributed by atoms with Gasteiger partial charge in [-0.15, -0.1) is 0 Å². The van der Waals surface area contributed by atoms with Gasteiger partial charge in [-0.25, -0.2) is 0 Å². The molecule has 0 saturated heterocycles. The number of pyridine rings is 1. The van der Waals surface area contributed by atoms with Crippen LogP contribution in [-0.2, 0) is 0 Å². The molecule has 4 nitrogen and oxygen atoms in total. The number of nitrogens with two attached hydrogens (primary N) is 1. The number of nitrogen functional groups attached to an aromatic ring is 1. The van der Waals surface area contributed by atoms with E-state index in [0.29, 0.717) is 6.04 Å². The zero-order valence-corrected chi connectivity index (χ0v) is 7.25. The molecular weight excluding hydrogens is 164 g/mol. The molecule has 0 spiro atoms. The van der Waals surface area contributed by atoms with E-state index < -0.39 is 0 Å². The van der Waals surface area contributed by atoms with Crippen LogP contribution in [0.4, 0.5) is 5.69 Å². The van der Waals surface area contributed by atoms with Crippen LogP contribution in [0.5, 0.6) is 0 Å². The molecule has 4 heteroatoms. The van der Waals surface area contributed by atoms with Crippen molar-refractivity contribution in [3.05, 3.63) is 24.0 Å². The number of hydrogen-bond acceptors (Lipinski definition) is 3. The van der Waals surface area contributed by atoms with E-state index in [4.69, 9.17) is 11.1 Å². The molecule has 1 aliphatic rings. The van der Waals surface area contributed by atoms with E-state index >= 15 is 0 Å². The molecule has 1 aromatic heterocycles. The van der Waals surface area contributed by atoms with Gasteiger partial charge in [0.15, 0.2) is 0 Å². The average molecular weight is 176 g/mol. The molecule has 4 N–H and O–H groups in total. The Labute approximate surface area is 76.7 Å². The third kappa shape index (κ3) is 1.77. The fourth-order valence-corrected chi connectivity index (χ4v) is 1.19. The van der Waals surface area contributed by atoms with Gasteiger partial charge in [0.05, 0.1) is 11.9 Å². The van der Waals surface area contributed by atoms with E-state index in [1.165, 1.54) is 12.8 Å². The maximum Gasteiger partial charge on any atom is 0.125 e. The second-order valence-electron chi connectivity index (χ2n) is 3.25. The highest BCUT2D eigenvalue weighted by atomic mass is 15.0. The minimum Gasteiger partial charge on any atom is -0.384 e. The lowest BCUT2D eigenvalue weighted by Gasteiger charge is -2.08. The lowest BCUT2D eigenvalue weighted by Crippen LogP contribution is -2.15. The summed E-state index contributed by atoms with van der Waals surface area (Å²) in [6, 6.07) is 2.31. The Bertz CT molecular complexity index is 330. The van der Waals surface area contributed by atoms with Crippen molar-refractivity contribution < 1.29 is 0 Å². The highest BCUT2D eigenvalue weighted by molar-refractivity contribution is 6.00. The zero-order chi connectivity index (χ0) is 9.26. The van der Waals surface area contributed by atoms with Crippen LogP contribution >= 0.6 is 0 Å². The Morgan fingerprint density at radius 2 is 2.38 bits per heavy atom. The molecule has 0 atom stereocenters. The van der Waals surface area contributed by atoms with Crippen LogP contribution in [0.2, 0.25) is 0 Å². The summed E-state index contributed by atoms with van der Waals surface area (Å²) in [6.07, 6.45) is 5.77. The fraction of sp³-hybridized carbons (Fsp3) is 0.333. The van der Waals surface area contributed by atoms with Gasteiger partial charge in [-0.3, -0.25) is 10.4 Å². The molecule has 1 heterocycles. The minimum atomic E-state index is 0.0885. The van der Waals surface area contributed by atoms with Crippen LogP contribution in [0.15, 0.2) is 18.5 Å². The molecular formula is C9H12N4. The van der Waals surface area contributed by atoms with Crippen molar-refractivity contribution in [3.8, 4) is 0 Å².